The van der Waals surface area contributed by atoms with Crippen molar-refractivity contribution < 1.29 is 23.2 Å². The summed E-state index contributed by atoms with van der Waals surface area (Å²) >= 11 is 6.00. The molecule has 1 aliphatic carbocycles. The topological polar surface area (TPSA) is 157 Å². The highest BCUT2D eigenvalue weighted by Crippen LogP contribution is 2.37. The van der Waals surface area contributed by atoms with Gasteiger partial charge in [0.25, 0.3) is 12.3 Å². The van der Waals surface area contributed by atoms with E-state index in [1.165, 1.54) is 27.5 Å². The fraction of sp³-hybridized carbons (Fsp3) is 0.486. The number of piperidine rings is 2. The lowest BCUT2D eigenvalue weighted by atomic mass is 9.85. The van der Waals surface area contributed by atoms with Gasteiger partial charge in [0.05, 0.1) is 34.6 Å². The largest absolute Gasteiger partial charge is 0.370 e. The van der Waals surface area contributed by atoms with Gasteiger partial charge in [-0.3, -0.25) is 33.5 Å². The molecule has 4 aromatic heterocycles. The van der Waals surface area contributed by atoms with E-state index in [2.05, 4.69) is 42.7 Å². The molecular formula is C37H42ClF2N11O4. The molecule has 1 unspecified atom stereocenters. The van der Waals surface area contributed by atoms with Gasteiger partial charge >= 0.3 is 5.69 Å². The lowest BCUT2D eigenvalue weighted by Crippen LogP contribution is -2.45. The van der Waals surface area contributed by atoms with Crippen molar-refractivity contribution in [2.75, 3.05) is 36.9 Å². The van der Waals surface area contributed by atoms with E-state index in [0.717, 1.165) is 69.4 Å². The molecule has 0 bridgehead atoms. The van der Waals surface area contributed by atoms with Crippen LogP contribution in [-0.4, -0.2) is 88.9 Å². The molecule has 0 spiro atoms. The molecule has 290 valence electrons. The second-order valence-corrected chi connectivity index (χ2v) is 15.3. The summed E-state index contributed by atoms with van der Waals surface area (Å²) in [7, 11) is 3.90. The molecule has 2 saturated heterocycles. The molecule has 8 rings (SSSR count). The van der Waals surface area contributed by atoms with Crippen LogP contribution in [0.1, 0.15) is 85.9 Å². The molecule has 5 aromatic rings. The van der Waals surface area contributed by atoms with Crippen molar-refractivity contribution in [3.05, 3.63) is 69.8 Å². The predicted octanol–water partition coefficient (Wildman–Crippen LogP) is 4.73. The maximum absolute atomic E-state index is 14.1. The lowest BCUT2D eigenvalue weighted by Gasteiger charge is -2.40. The minimum Gasteiger partial charge on any atom is -0.370 e. The van der Waals surface area contributed by atoms with Gasteiger partial charge in [-0.1, -0.05) is 17.7 Å². The molecule has 18 heteroatoms. The average molecular weight is 778 g/mol. The third kappa shape index (κ3) is 6.99. The van der Waals surface area contributed by atoms with Crippen molar-refractivity contribution in [1.82, 2.24) is 43.7 Å². The molecule has 2 aliphatic heterocycles. The molecular weight excluding hydrogens is 736 g/mol. The number of carbonyl (C=O) groups is 3. The van der Waals surface area contributed by atoms with Gasteiger partial charge in [-0.15, -0.1) is 0 Å². The lowest BCUT2D eigenvalue weighted by molar-refractivity contribution is -0.135. The number of hydrogen-bond donors (Lipinski definition) is 2. The number of fused-ring (bicyclic) bond motifs is 2. The van der Waals surface area contributed by atoms with E-state index in [9.17, 15) is 28.0 Å². The molecule has 2 N–H and O–H groups in total. The zero-order valence-corrected chi connectivity index (χ0v) is 31.3. The van der Waals surface area contributed by atoms with Crippen molar-refractivity contribution >= 4 is 57.4 Å². The zero-order valence-electron chi connectivity index (χ0n) is 30.5. The maximum atomic E-state index is 14.1. The summed E-state index contributed by atoms with van der Waals surface area (Å²) < 4.78 is 34.3. The monoisotopic (exact) mass is 777 g/mol. The SMILES string of the molecule is CN(CC1CCC(n2cc(NC(=O)c3cnn4ccc(Cl)nc34)c(C(F)F)n2)CC1)C1CCN(c2cccc3c2n(C)c(=O)n3C2CCC(=O)NC2=O)CC1. The van der Waals surface area contributed by atoms with E-state index in [1.54, 1.807) is 22.5 Å². The molecule has 1 saturated carbocycles. The first-order valence-corrected chi connectivity index (χ1v) is 19.0. The minimum atomic E-state index is -2.87. The van der Waals surface area contributed by atoms with Crippen LogP contribution < -0.4 is 21.2 Å². The molecule has 3 aliphatic rings. The second kappa shape index (κ2) is 14.8. The van der Waals surface area contributed by atoms with Crippen LogP contribution in [0.15, 0.2) is 47.7 Å². The summed E-state index contributed by atoms with van der Waals surface area (Å²) in [5.74, 6) is -0.944. The molecule has 3 fully saturated rings. The highest BCUT2D eigenvalue weighted by atomic mass is 35.5. The number of amides is 3. The predicted molar refractivity (Wildman–Crippen MR) is 201 cm³/mol. The fourth-order valence-electron chi connectivity index (χ4n) is 8.65. The Hall–Kier alpha value is -5.16. The Bertz CT molecular complexity index is 2340. The van der Waals surface area contributed by atoms with Crippen molar-refractivity contribution in [3.63, 3.8) is 0 Å². The average Bonchev–Trinajstić information content (AvgIpc) is 3.86. The van der Waals surface area contributed by atoms with E-state index in [4.69, 9.17) is 11.6 Å². The molecule has 15 nitrogen and oxygen atoms in total. The van der Waals surface area contributed by atoms with E-state index < -0.39 is 30.0 Å². The Morgan fingerprint density at radius 2 is 1.84 bits per heavy atom. The number of benzene rings is 1. The third-order valence-electron chi connectivity index (χ3n) is 11.6. The number of hydrogen-bond acceptors (Lipinski definition) is 9. The number of anilines is 2. The number of nitrogens with zero attached hydrogens (tertiary/aromatic N) is 9. The third-order valence-corrected chi connectivity index (χ3v) is 11.8. The molecule has 1 aromatic carbocycles. The smallest absolute Gasteiger partial charge is 0.329 e. The van der Waals surface area contributed by atoms with Crippen LogP contribution in [0.4, 0.5) is 20.2 Å². The number of carbonyl (C=O) groups excluding carboxylic acids is 3. The standard InChI is InChI=1S/C37H42ClF2N11O4/c1-46(22-12-15-48(16-13-22)26-4-3-5-27-32(26)47(2)37(55)51(27)28-10-11-30(52)44-36(28)54)19-21-6-8-23(9-7-21)50-20-25(31(45-50)33(39)40)42-35(53)24-18-41-49-17-14-29(38)43-34(24)49/h3-5,14,17-18,20-23,28,33H,6-13,15-16,19H2,1-2H3,(H,42,53)(H,44,52,54). The zero-order chi connectivity index (χ0) is 38.5. The fourth-order valence-corrected chi connectivity index (χ4v) is 8.78. The Kier molecular flexibility index (Phi) is 9.92. The summed E-state index contributed by atoms with van der Waals surface area (Å²) in [6, 6.07) is 6.92. The van der Waals surface area contributed by atoms with E-state index in [1.807, 2.05) is 18.2 Å². The first-order valence-electron chi connectivity index (χ1n) is 18.6. The van der Waals surface area contributed by atoms with E-state index in [-0.39, 0.29) is 52.5 Å². The molecule has 3 amide bonds. The van der Waals surface area contributed by atoms with Gasteiger partial charge in [-0.25, -0.2) is 23.1 Å². The first kappa shape index (κ1) is 36.8. The molecule has 0 radical (unpaired) electrons. The van der Waals surface area contributed by atoms with Gasteiger partial charge in [0.15, 0.2) is 11.3 Å². The van der Waals surface area contributed by atoms with Crippen molar-refractivity contribution in [1.29, 1.82) is 0 Å². The van der Waals surface area contributed by atoms with Gasteiger partial charge < -0.3 is 15.1 Å². The van der Waals surface area contributed by atoms with Crippen LogP contribution in [-0.2, 0) is 16.6 Å². The number of aryl methyl sites for hydroxylation is 1. The second-order valence-electron chi connectivity index (χ2n) is 14.9. The number of alkyl halides is 2. The van der Waals surface area contributed by atoms with Gasteiger partial charge in [0, 0.05) is 51.5 Å². The Balaban J connectivity index is 0.869. The Morgan fingerprint density at radius 3 is 2.56 bits per heavy atom. The molecule has 55 heavy (non-hydrogen) atoms. The van der Waals surface area contributed by atoms with Crippen molar-refractivity contribution in [2.45, 2.75) is 75.9 Å². The van der Waals surface area contributed by atoms with Crippen LogP contribution in [0.3, 0.4) is 0 Å². The number of imidazole rings is 1. The summed E-state index contributed by atoms with van der Waals surface area (Å²) in [5, 5.41) is 13.5. The molecule has 6 heterocycles. The number of rotatable bonds is 9. The van der Waals surface area contributed by atoms with Crippen LogP contribution in [0.25, 0.3) is 16.7 Å². The summed E-state index contributed by atoms with van der Waals surface area (Å²) in [4.78, 5) is 59.9. The summed E-state index contributed by atoms with van der Waals surface area (Å²) in [6.07, 6.45) is 7.29. The number of halogens is 3. The van der Waals surface area contributed by atoms with Gasteiger partial charge in [-0.2, -0.15) is 10.2 Å². The van der Waals surface area contributed by atoms with Crippen molar-refractivity contribution in [2.24, 2.45) is 13.0 Å². The van der Waals surface area contributed by atoms with E-state index >= 15 is 0 Å². The van der Waals surface area contributed by atoms with Crippen LogP contribution in [0.5, 0.6) is 0 Å². The number of nitrogens with one attached hydrogen (secondary N) is 2. The quantitative estimate of drug-likeness (QED) is 0.160. The number of aromatic nitrogens is 7. The van der Waals surface area contributed by atoms with Crippen molar-refractivity contribution in [3.8, 4) is 0 Å². The highest BCUT2D eigenvalue weighted by Gasteiger charge is 2.34. The van der Waals surface area contributed by atoms with Crippen LogP contribution in [0, 0.1) is 5.92 Å². The minimum absolute atomic E-state index is 0.0417. The van der Waals surface area contributed by atoms with Crippen LogP contribution in [0.2, 0.25) is 5.15 Å². The van der Waals surface area contributed by atoms with Crippen LogP contribution >= 0.6 is 11.6 Å². The van der Waals surface area contributed by atoms with Gasteiger partial charge in [0.2, 0.25) is 11.8 Å². The molecule has 1 atom stereocenters. The number of para-hydroxylation sites is 1. The number of imide groups is 1. The maximum Gasteiger partial charge on any atom is 0.329 e. The Labute approximate surface area is 319 Å². The van der Waals surface area contributed by atoms with Gasteiger partial charge in [0.1, 0.15) is 16.8 Å². The van der Waals surface area contributed by atoms with E-state index in [0.29, 0.717) is 17.5 Å². The summed E-state index contributed by atoms with van der Waals surface area (Å²) in [6.45, 7) is 2.55. The normalized spacial score (nSPS) is 21.3. The highest BCUT2D eigenvalue weighted by molar-refractivity contribution is 6.29. The summed E-state index contributed by atoms with van der Waals surface area (Å²) in [5.41, 5.74) is 1.95. The van der Waals surface area contributed by atoms with Gasteiger partial charge in [-0.05, 0) is 76.1 Å². The Morgan fingerprint density at radius 1 is 1.07 bits per heavy atom. The first-order chi connectivity index (χ1) is 26.5.